The fourth-order valence-electron chi connectivity index (χ4n) is 4.33. The molecule has 0 fully saturated rings. The van der Waals surface area contributed by atoms with E-state index in [2.05, 4.69) is 28.4 Å². The summed E-state index contributed by atoms with van der Waals surface area (Å²) in [5.74, 6) is 0.643. The molecule has 0 aliphatic heterocycles. The van der Waals surface area contributed by atoms with Crippen LogP contribution in [0.3, 0.4) is 0 Å². The molecule has 0 saturated carbocycles. The molecule has 0 spiro atoms. The van der Waals surface area contributed by atoms with E-state index < -0.39 is 0 Å². The maximum Gasteiger partial charge on any atom is 0.166 e. The van der Waals surface area contributed by atoms with E-state index >= 15 is 0 Å². The molecule has 0 N–H and O–H groups in total. The van der Waals surface area contributed by atoms with Gasteiger partial charge in [0.25, 0.3) is 0 Å². The van der Waals surface area contributed by atoms with Crippen LogP contribution >= 0.6 is 11.3 Å². The molecule has 0 amide bonds. The second kappa shape index (κ2) is 8.52. The third kappa shape index (κ3) is 3.65. The third-order valence-corrected chi connectivity index (χ3v) is 7.09. The Hall–Kier alpha value is -4.68. The lowest BCUT2D eigenvalue weighted by atomic mass is 10.1. The van der Waals surface area contributed by atoms with Crippen LogP contribution in [0, 0.1) is 0 Å². The van der Waals surface area contributed by atoms with E-state index in [-0.39, 0.29) is 0 Å². The summed E-state index contributed by atoms with van der Waals surface area (Å²) in [6, 6.07) is 36.4. The van der Waals surface area contributed by atoms with Crippen molar-refractivity contribution in [1.82, 2.24) is 20.2 Å². The minimum Gasteiger partial charge on any atom is -0.456 e. The Morgan fingerprint density at radius 3 is 2.00 bits per heavy atom. The van der Waals surface area contributed by atoms with Gasteiger partial charge < -0.3 is 4.42 Å². The number of para-hydroxylation sites is 1. The summed E-state index contributed by atoms with van der Waals surface area (Å²) in [6.07, 6.45) is 0. The number of hydrogen-bond donors (Lipinski definition) is 0. The van der Waals surface area contributed by atoms with E-state index in [0.29, 0.717) is 5.82 Å². The summed E-state index contributed by atoms with van der Waals surface area (Å²) < 4.78 is 6.13. The third-order valence-electron chi connectivity index (χ3n) is 6.10. The van der Waals surface area contributed by atoms with E-state index in [9.17, 15) is 0 Å². The summed E-state index contributed by atoms with van der Waals surface area (Å²) >= 11 is 1.52. The van der Waals surface area contributed by atoms with Gasteiger partial charge in [-0.25, -0.2) is 9.97 Å². The summed E-state index contributed by atoms with van der Waals surface area (Å²) in [5.41, 5.74) is 6.18. The highest BCUT2D eigenvalue weighted by molar-refractivity contribution is 7.17. The molecule has 7 aromatic rings. The molecule has 0 saturated heterocycles. The predicted octanol–water partition coefficient (Wildman–Crippen LogP) is 7.90. The Labute approximate surface area is 210 Å². The molecular weight excluding hydrogens is 464 g/mol. The molecule has 0 radical (unpaired) electrons. The monoisotopic (exact) mass is 482 g/mol. The minimum absolute atomic E-state index is 0.643. The number of aromatic nitrogens is 4. The van der Waals surface area contributed by atoms with Crippen LogP contribution in [0.2, 0.25) is 0 Å². The highest BCUT2D eigenvalue weighted by atomic mass is 32.1. The standard InChI is InChI=1S/C30H18N4OS/c1-3-9-19(10-4-1)28-31-24(21-15-16-23-22-13-7-8-14-26(22)35-27(23)17-21)18-25(32-28)30-34-33-29(36-30)20-11-5-2-6-12-20/h1-18H. The zero-order valence-corrected chi connectivity index (χ0v) is 19.8. The van der Waals surface area contributed by atoms with Crippen molar-refractivity contribution in [2.45, 2.75) is 0 Å². The molecule has 0 atom stereocenters. The smallest absolute Gasteiger partial charge is 0.166 e. The number of benzene rings is 4. The van der Waals surface area contributed by atoms with Gasteiger partial charge in [0.15, 0.2) is 10.8 Å². The van der Waals surface area contributed by atoms with Gasteiger partial charge >= 0.3 is 0 Å². The van der Waals surface area contributed by atoms with E-state index in [1.807, 2.05) is 91.0 Å². The van der Waals surface area contributed by atoms with Gasteiger partial charge in [0.1, 0.15) is 21.9 Å². The van der Waals surface area contributed by atoms with Crippen molar-refractivity contribution in [2.75, 3.05) is 0 Å². The van der Waals surface area contributed by atoms with Crippen LogP contribution in [0.1, 0.15) is 0 Å². The second-order valence-corrected chi connectivity index (χ2v) is 9.39. The first-order valence-corrected chi connectivity index (χ1v) is 12.4. The normalized spacial score (nSPS) is 11.3. The Balaban J connectivity index is 1.38. The van der Waals surface area contributed by atoms with Crippen molar-refractivity contribution in [1.29, 1.82) is 0 Å². The Bertz CT molecular complexity index is 1840. The molecule has 36 heavy (non-hydrogen) atoms. The van der Waals surface area contributed by atoms with Crippen LogP contribution in [-0.2, 0) is 0 Å². The van der Waals surface area contributed by atoms with Crippen LogP contribution in [0.4, 0.5) is 0 Å². The average Bonchev–Trinajstić information content (AvgIpc) is 3.59. The first kappa shape index (κ1) is 20.7. The number of rotatable bonds is 4. The molecule has 0 aliphatic rings. The van der Waals surface area contributed by atoms with Gasteiger partial charge in [-0.15, -0.1) is 10.2 Å². The second-order valence-electron chi connectivity index (χ2n) is 8.42. The number of fused-ring (bicyclic) bond motifs is 3. The fourth-order valence-corrected chi connectivity index (χ4v) is 5.14. The first-order chi connectivity index (χ1) is 17.8. The zero-order chi connectivity index (χ0) is 23.9. The quantitative estimate of drug-likeness (QED) is 0.255. The summed E-state index contributed by atoms with van der Waals surface area (Å²) in [7, 11) is 0. The molecule has 7 rings (SSSR count). The maximum absolute atomic E-state index is 6.13. The van der Waals surface area contributed by atoms with Crippen molar-refractivity contribution < 1.29 is 4.42 Å². The molecule has 4 aromatic carbocycles. The van der Waals surface area contributed by atoms with E-state index in [1.165, 1.54) is 11.3 Å². The molecule has 3 heterocycles. The lowest BCUT2D eigenvalue weighted by molar-refractivity contribution is 0.669. The predicted molar refractivity (Wildman–Crippen MR) is 145 cm³/mol. The van der Waals surface area contributed by atoms with Crippen LogP contribution < -0.4 is 0 Å². The van der Waals surface area contributed by atoms with Gasteiger partial charge in [0.2, 0.25) is 0 Å². The Morgan fingerprint density at radius 2 is 1.17 bits per heavy atom. The van der Waals surface area contributed by atoms with Crippen molar-refractivity contribution in [3.8, 4) is 43.9 Å². The van der Waals surface area contributed by atoms with E-state index in [1.54, 1.807) is 0 Å². The Morgan fingerprint density at radius 1 is 0.500 bits per heavy atom. The summed E-state index contributed by atoms with van der Waals surface area (Å²) in [4.78, 5) is 9.81. The first-order valence-electron chi connectivity index (χ1n) is 11.6. The minimum atomic E-state index is 0.643. The summed E-state index contributed by atoms with van der Waals surface area (Å²) in [5, 5.41) is 12.7. The molecule has 5 nitrogen and oxygen atoms in total. The molecule has 0 aliphatic carbocycles. The average molecular weight is 483 g/mol. The van der Waals surface area contributed by atoms with Gasteiger partial charge in [-0.3, -0.25) is 0 Å². The van der Waals surface area contributed by atoms with Crippen LogP contribution in [0.25, 0.3) is 65.9 Å². The maximum atomic E-state index is 6.13. The van der Waals surface area contributed by atoms with Gasteiger partial charge in [0.05, 0.1) is 5.69 Å². The molecular formula is C30H18N4OS. The van der Waals surface area contributed by atoms with Crippen LogP contribution in [-0.4, -0.2) is 20.2 Å². The zero-order valence-electron chi connectivity index (χ0n) is 19.0. The SMILES string of the molecule is c1ccc(-c2nc(-c3ccc4c(c3)oc3ccccc34)cc(-c3nnc(-c4ccccc4)s3)n2)cc1. The number of hydrogen-bond acceptors (Lipinski definition) is 6. The van der Waals surface area contributed by atoms with Crippen LogP contribution in [0.15, 0.2) is 114 Å². The highest BCUT2D eigenvalue weighted by Gasteiger charge is 2.16. The van der Waals surface area contributed by atoms with E-state index in [0.717, 1.165) is 60.0 Å². The molecule has 0 bridgehead atoms. The van der Waals surface area contributed by atoms with Crippen molar-refractivity contribution >= 4 is 33.3 Å². The van der Waals surface area contributed by atoms with Crippen molar-refractivity contribution in [3.63, 3.8) is 0 Å². The van der Waals surface area contributed by atoms with Crippen molar-refractivity contribution in [3.05, 3.63) is 109 Å². The largest absolute Gasteiger partial charge is 0.456 e. The van der Waals surface area contributed by atoms with Gasteiger partial charge in [-0.05, 0) is 24.3 Å². The summed E-state index contributed by atoms with van der Waals surface area (Å²) in [6.45, 7) is 0. The molecule has 0 unspecified atom stereocenters. The van der Waals surface area contributed by atoms with Gasteiger partial charge in [-0.2, -0.15) is 0 Å². The Kier molecular flexibility index (Phi) is 4.89. The van der Waals surface area contributed by atoms with E-state index in [4.69, 9.17) is 14.4 Å². The molecule has 3 aromatic heterocycles. The number of furan rings is 1. The van der Waals surface area contributed by atoms with Crippen LogP contribution in [0.5, 0.6) is 0 Å². The number of nitrogens with zero attached hydrogens (tertiary/aromatic N) is 4. The van der Waals surface area contributed by atoms with Gasteiger partial charge in [0, 0.05) is 27.5 Å². The molecule has 170 valence electrons. The topological polar surface area (TPSA) is 64.7 Å². The lowest BCUT2D eigenvalue weighted by Gasteiger charge is -2.07. The molecule has 6 heteroatoms. The highest BCUT2D eigenvalue weighted by Crippen LogP contribution is 2.35. The van der Waals surface area contributed by atoms with Gasteiger partial charge in [-0.1, -0.05) is 96.3 Å². The van der Waals surface area contributed by atoms with Crippen molar-refractivity contribution in [2.24, 2.45) is 0 Å². The fraction of sp³-hybridized carbons (Fsp3) is 0. The lowest BCUT2D eigenvalue weighted by Crippen LogP contribution is -1.95.